The van der Waals surface area contributed by atoms with Crippen LogP contribution in [0.1, 0.15) is 40.5 Å². The van der Waals surface area contributed by atoms with Gasteiger partial charge in [0, 0.05) is 23.9 Å². The third kappa shape index (κ3) is 3.62. The summed E-state index contributed by atoms with van der Waals surface area (Å²) >= 11 is 0. The number of carbonyl (C=O) groups excluding carboxylic acids is 3. The Morgan fingerprint density at radius 3 is 1.90 bits per heavy atom. The largest absolute Gasteiger partial charge is 0.466 e. The van der Waals surface area contributed by atoms with Crippen molar-refractivity contribution in [2.45, 2.75) is 51.6 Å². The molecule has 1 aliphatic rings. The van der Waals surface area contributed by atoms with Gasteiger partial charge in [-0.25, -0.2) is 9.59 Å². The van der Waals surface area contributed by atoms with Crippen LogP contribution in [0.3, 0.4) is 0 Å². The van der Waals surface area contributed by atoms with E-state index in [1.807, 2.05) is 27.7 Å². The lowest BCUT2D eigenvalue weighted by atomic mass is 9.78. The molecule has 0 spiro atoms. The van der Waals surface area contributed by atoms with Gasteiger partial charge >= 0.3 is 11.9 Å². The van der Waals surface area contributed by atoms with Gasteiger partial charge in [-0.3, -0.25) is 4.79 Å². The van der Waals surface area contributed by atoms with E-state index in [0.29, 0.717) is 12.8 Å². The summed E-state index contributed by atoms with van der Waals surface area (Å²) in [6.07, 6.45) is 1.71. The Bertz CT molecular complexity index is 470. The first-order valence-electron chi connectivity index (χ1n) is 6.75. The van der Waals surface area contributed by atoms with Crippen LogP contribution in [-0.2, 0) is 23.9 Å². The highest BCUT2D eigenvalue weighted by Crippen LogP contribution is 2.39. The number of piperidine rings is 1. The molecule has 0 bridgehead atoms. The molecule has 1 rings (SSSR count). The van der Waals surface area contributed by atoms with E-state index in [2.05, 4.69) is 4.74 Å². The summed E-state index contributed by atoms with van der Waals surface area (Å²) in [5.41, 5.74) is -1.11. The topological polar surface area (TPSA) is 72.9 Å². The van der Waals surface area contributed by atoms with Crippen LogP contribution in [0.4, 0.5) is 0 Å². The predicted octanol–water partition coefficient (Wildman–Crippen LogP) is 1.44. The SMILES string of the molecule is COC(=O)/C=C(\C(=O)OC)N1C(C)(C)CC(=O)CC1(C)C. The van der Waals surface area contributed by atoms with Crippen molar-refractivity contribution in [2.24, 2.45) is 0 Å². The molecule has 21 heavy (non-hydrogen) atoms. The summed E-state index contributed by atoms with van der Waals surface area (Å²) in [5.74, 6) is -1.14. The zero-order valence-corrected chi connectivity index (χ0v) is 13.5. The minimum atomic E-state index is -0.640. The number of hydrogen-bond donors (Lipinski definition) is 0. The van der Waals surface area contributed by atoms with E-state index in [4.69, 9.17) is 4.74 Å². The first-order valence-corrected chi connectivity index (χ1v) is 6.75. The number of methoxy groups -OCH3 is 2. The minimum absolute atomic E-state index is 0.104. The van der Waals surface area contributed by atoms with E-state index >= 15 is 0 Å². The average Bonchev–Trinajstić information content (AvgIpc) is 2.33. The Labute approximate surface area is 125 Å². The summed E-state index contributed by atoms with van der Waals surface area (Å²) in [5, 5.41) is 0. The number of ketones is 1. The number of ether oxygens (including phenoxy) is 2. The molecule has 6 heteroatoms. The zero-order valence-electron chi connectivity index (χ0n) is 13.5. The van der Waals surface area contributed by atoms with Crippen LogP contribution < -0.4 is 0 Å². The van der Waals surface area contributed by atoms with Crippen LogP contribution >= 0.6 is 0 Å². The number of likely N-dealkylation sites (tertiary alicyclic amines) is 1. The second-order valence-electron chi connectivity index (χ2n) is 6.40. The monoisotopic (exact) mass is 297 g/mol. The highest BCUT2D eigenvalue weighted by atomic mass is 16.5. The fraction of sp³-hybridized carbons (Fsp3) is 0.667. The Balaban J connectivity index is 3.39. The van der Waals surface area contributed by atoms with Crippen molar-refractivity contribution < 1.29 is 23.9 Å². The number of hydrogen-bond acceptors (Lipinski definition) is 6. The van der Waals surface area contributed by atoms with Gasteiger partial charge in [-0.2, -0.15) is 0 Å². The third-order valence-electron chi connectivity index (χ3n) is 3.56. The third-order valence-corrected chi connectivity index (χ3v) is 3.56. The lowest BCUT2D eigenvalue weighted by Gasteiger charge is -2.53. The van der Waals surface area contributed by atoms with Crippen LogP contribution in [0.5, 0.6) is 0 Å². The number of esters is 2. The van der Waals surface area contributed by atoms with Crippen LogP contribution in [-0.4, -0.2) is 47.9 Å². The van der Waals surface area contributed by atoms with Gasteiger partial charge in [0.15, 0.2) is 0 Å². The molecule has 6 nitrogen and oxygen atoms in total. The molecule has 0 radical (unpaired) electrons. The number of rotatable bonds is 3. The summed E-state index contributed by atoms with van der Waals surface area (Å²) in [4.78, 5) is 37.4. The van der Waals surface area contributed by atoms with Crippen molar-refractivity contribution in [1.82, 2.24) is 4.90 Å². The van der Waals surface area contributed by atoms with Crippen LogP contribution in [0, 0.1) is 0 Å². The quantitative estimate of drug-likeness (QED) is 0.580. The Morgan fingerprint density at radius 1 is 1.05 bits per heavy atom. The molecule has 1 aliphatic heterocycles. The molecule has 1 heterocycles. The second-order valence-corrected chi connectivity index (χ2v) is 6.40. The minimum Gasteiger partial charge on any atom is -0.466 e. The number of nitrogens with zero attached hydrogens (tertiary/aromatic N) is 1. The second kappa shape index (κ2) is 5.87. The molecule has 0 N–H and O–H groups in total. The molecule has 0 aromatic rings. The van der Waals surface area contributed by atoms with Crippen LogP contribution in [0.15, 0.2) is 11.8 Å². The lowest BCUT2D eigenvalue weighted by Crippen LogP contribution is -2.61. The molecule has 0 aromatic carbocycles. The maximum atomic E-state index is 12.1. The maximum absolute atomic E-state index is 12.1. The van der Waals surface area contributed by atoms with Gasteiger partial charge in [-0.05, 0) is 27.7 Å². The van der Waals surface area contributed by atoms with Crippen molar-refractivity contribution in [3.8, 4) is 0 Å². The Morgan fingerprint density at radius 2 is 1.52 bits per heavy atom. The van der Waals surface area contributed by atoms with Crippen molar-refractivity contribution >= 4 is 17.7 Å². The van der Waals surface area contributed by atoms with E-state index in [-0.39, 0.29) is 11.5 Å². The maximum Gasteiger partial charge on any atom is 0.354 e. The molecule has 0 aliphatic carbocycles. The predicted molar refractivity (Wildman–Crippen MR) is 76.4 cm³/mol. The van der Waals surface area contributed by atoms with Gasteiger partial charge in [0.2, 0.25) is 0 Å². The zero-order chi connectivity index (χ0) is 16.4. The Hall–Kier alpha value is -1.85. The van der Waals surface area contributed by atoms with Gasteiger partial charge in [-0.15, -0.1) is 0 Å². The summed E-state index contributed by atoms with van der Waals surface area (Å²) in [7, 11) is 2.49. The molecule has 1 saturated heterocycles. The lowest BCUT2D eigenvalue weighted by molar-refractivity contribution is -0.146. The van der Waals surface area contributed by atoms with Crippen molar-refractivity contribution in [3.05, 3.63) is 11.8 Å². The first-order chi connectivity index (χ1) is 9.55. The van der Waals surface area contributed by atoms with Crippen LogP contribution in [0.2, 0.25) is 0 Å². The smallest absolute Gasteiger partial charge is 0.354 e. The molecular weight excluding hydrogens is 274 g/mol. The first kappa shape index (κ1) is 17.2. The van der Waals surface area contributed by atoms with E-state index in [0.717, 1.165) is 6.08 Å². The number of Topliss-reactive ketones (excluding diaryl/α,β-unsaturated/α-hetero) is 1. The molecule has 0 aromatic heterocycles. The standard InChI is InChI=1S/C15H23NO5/c1-14(2)8-10(17)9-15(3,4)16(14)11(13(19)21-6)7-12(18)20-5/h7H,8-9H2,1-6H3/b11-7+. The van der Waals surface area contributed by atoms with E-state index < -0.39 is 23.0 Å². The number of carbonyl (C=O) groups is 3. The van der Waals surface area contributed by atoms with Gasteiger partial charge < -0.3 is 14.4 Å². The van der Waals surface area contributed by atoms with Gasteiger partial charge in [0.25, 0.3) is 0 Å². The summed E-state index contributed by atoms with van der Waals surface area (Å²) in [6.45, 7) is 7.44. The van der Waals surface area contributed by atoms with Crippen molar-refractivity contribution in [1.29, 1.82) is 0 Å². The molecule has 0 amide bonds. The molecule has 118 valence electrons. The average molecular weight is 297 g/mol. The molecule has 0 unspecified atom stereocenters. The summed E-state index contributed by atoms with van der Waals surface area (Å²) < 4.78 is 9.39. The van der Waals surface area contributed by atoms with Gasteiger partial charge in [0.1, 0.15) is 11.5 Å². The van der Waals surface area contributed by atoms with E-state index in [1.165, 1.54) is 14.2 Å². The van der Waals surface area contributed by atoms with Gasteiger partial charge in [0.05, 0.1) is 20.3 Å². The summed E-state index contributed by atoms with van der Waals surface area (Å²) in [6, 6.07) is 0. The normalized spacial score (nSPS) is 21.0. The van der Waals surface area contributed by atoms with Crippen molar-refractivity contribution in [3.63, 3.8) is 0 Å². The highest BCUT2D eigenvalue weighted by Gasteiger charge is 2.47. The fourth-order valence-corrected chi connectivity index (χ4v) is 3.15. The highest BCUT2D eigenvalue weighted by molar-refractivity contribution is 5.96. The van der Waals surface area contributed by atoms with Gasteiger partial charge in [-0.1, -0.05) is 0 Å². The molecule has 0 atom stereocenters. The molecular formula is C15H23NO5. The van der Waals surface area contributed by atoms with E-state index in [1.54, 1.807) is 4.90 Å². The molecule has 1 fully saturated rings. The Kier molecular flexibility index (Phi) is 4.81. The van der Waals surface area contributed by atoms with Crippen molar-refractivity contribution in [2.75, 3.05) is 14.2 Å². The fourth-order valence-electron chi connectivity index (χ4n) is 3.15. The van der Waals surface area contributed by atoms with Crippen LogP contribution in [0.25, 0.3) is 0 Å². The van der Waals surface area contributed by atoms with E-state index in [9.17, 15) is 14.4 Å². The molecule has 0 saturated carbocycles.